The molecule has 4 fully saturated rings. The van der Waals surface area contributed by atoms with Gasteiger partial charge in [0.1, 0.15) is 8.64 Å². The monoisotopic (exact) mass is 500 g/mol. The van der Waals surface area contributed by atoms with E-state index in [1.54, 1.807) is 23.5 Å². The Hall–Kier alpha value is 0.380. The maximum absolute atomic E-state index is 11.8. The largest absolute Gasteiger partial charge is 0.352 e. The fourth-order valence-corrected chi connectivity index (χ4v) is 13.3. The summed E-state index contributed by atoms with van der Waals surface area (Å²) in [5, 5.41) is 0.226. The quantitative estimate of drug-likeness (QED) is 0.380. The highest BCUT2D eigenvalue weighted by Crippen LogP contribution is 2.39. The fourth-order valence-electron chi connectivity index (χ4n) is 4.50. The number of thiocarbonyl (C=S) groups is 2. The van der Waals surface area contributed by atoms with Gasteiger partial charge in [0.2, 0.25) is 0 Å². The molecule has 0 unspecified atom stereocenters. The number of fused-ring (bicyclic) bond motifs is 2. The van der Waals surface area contributed by atoms with Gasteiger partial charge in [0.25, 0.3) is 0 Å². The van der Waals surface area contributed by atoms with Gasteiger partial charge in [-0.2, -0.15) is 0 Å². The summed E-state index contributed by atoms with van der Waals surface area (Å²) < 4.78 is 49.1. The number of rotatable bonds is 7. The van der Waals surface area contributed by atoms with Gasteiger partial charge in [0.05, 0.1) is 35.1 Å². The van der Waals surface area contributed by atoms with Crippen LogP contribution < -0.4 is 0 Å². The van der Waals surface area contributed by atoms with Crippen molar-refractivity contribution in [1.29, 1.82) is 0 Å². The molecule has 4 aliphatic rings. The Balaban J connectivity index is 1.18. The smallest absolute Gasteiger partial charge is 0.153 e. The topological polar surface area (TPSA) is 74.8 Å². The maximum atomic E-state index is 11.8. The Morgan fingerprint density at radius 1 is 0.714 bits per heavy atom. The van der Waals surface area contributed by atoms with Crippen LogP contribution in [0, 0.1) is 0 Å². The molecule has 4 heterocycles. The Morgan fingerprint density at radius 3 is 1.50 bits per heavy atom. The van der Waals surface area contributed by atoms with E-state index in [4.69, 9.17) is 24.4 Å². The Morgan fingerprint density at radius 2 is 1.11 bits per heavy atom. The van der Waals surface area contributed by atoms with Crippen molar-refractivity contribution in [3.63, 3.8) is 0 Å². The SMILES string of the molecule is O=S1(=O)C[C@@H]2SC(=S)N(CCCCCCN3C(=S)S[C@H]4CS(=O)(=O)C[C@H]43)[C@@H]2C1. The summed E-state index contributed by atoms with van der Waals surface area (Å²) in [7, 11) is -5.83. The summed E-state index contributed by atoms with van der Waals surface area (Å²) in [4.78, 5) is 4.24. The molecule has 4 aliphatic heterocycles. The molecular weight excluding hydrogens is 477 g/mol. The molecule has 12 heteroatoms. The van der Waals surface area contributed by atoms with E-state index in [0.717, 1.165) is 47.4 Å². The second-order valence-corrected chi connectivity index (χ2v) is 16.0. The van der Waals surface area contributed by atoms with Gasteiger partial charge in [-0.05, 0) is 12.8 Å². The Bertz CT molecular complexity index is 802. The van der Waals surface area contributed by atoms with Crippen LogP contribution in [0.5, 0.6) is 0 Å². The lowest BCUT2D eigenvalue weighted by molar-refractivity contribution is 0.336. The van der Waals surface area contributed by atoms with Crippen LogP contribution in [0.2, 0.25) is 0 Å². The van der Waals surface area contributed by atoms with Gasteiger partial charge in [-0.1, -0.05) is 60.8 Å². The minimum atomic E-state index is -2.92. The highest BCUT2D eigenvalue weighted by atomic mass is 32.2. The van der Waals surface area contributed by atoms with Crippen molar-refractivity contribution in [1.82, 2.24) is 9.80 Å². The number of sulfone groups is 2. The molecule has 4 atom stereocenters. The summed E-state index contributed by atoms with van der Waals surface area (Å²) >= 11 is 14.0. The Labute approximate surface area is 186 Å². The van der Waals surface area contributed by atoms with Gasteiger partial charge in [-0.25, -0.2) is 16.8 Å². The molecule has 0 spiro atoms. The summed E-state index contributed by atoms with van der Waals surface area (Å²) in [6.45, 7) is 1.65. The van der Waals surface area contributed by atoms with Crippen molar-refractivity contribution in [2.24, 2.45) is 0 Å². The lowest BCUT2D eigenvalue weighted by atomic mass is 10.1. The third-order valence-electron chi connectivity index (χ3n) is 5.87. The van der Waals surface area contributed by atoms with Crippen LogP contribution in [0.1, 0.15) is 25.7 Å². The van der Waals surface area contributed by atoms with E-state index in [0.29, 0.717) is 0 Å². The van der Waals surface area contributed by atoms with Crippen LogP contribution >= 0.6 is 48.0 Å². The van der Waals surface area contributed by atoms with E-state index in [1.165, 1.54) is 0 Å². The van der Waals surface area contributed by atoms with Gasteiger partial charge in [0.15, 0.2) is 19.7 Å². The molecule has 0 amide bonds. The highest BCUT2D eigenvalue weighted by molar-refractivity contribution is 8.24. The van der Waals surface area contributed by atoms with Gasteiger partial charge in [-0.15, -0.1) is 0 Å². The molecule has 0 aromatic rings. The van der Waals surface area contributed by atoms with E-state index in [9.17, 15) is 16.8 Å². The van der Waals surface area contributed by atoms with E-state index in [2.05, 4.69) is 9.80 Å². The standard InChI is InChI=1S/C16H24N2O4S6/c19-27(20)7-11-13(9-27)25-15(23)17(11)5-3-1-2-4-6-18-12-8-28(21,22)10-14(12)26-16(18)24/h11-14H,1-10H2/t11-,12-,13+,14+/m1/s1. The zero-order valence-electron chi connectivity index (χ0n) is 15.4. The van der Waals surface area contributed by atoms with Crippen molar-refractivity contribution < 1.29 is 16.8 Å². The van der Waals surface area contributed by atoms with Crippen LogP contribution in [0.4, 0.5) is 0 Å². The molecule has 0 aromatic heterocycles. The number of hydrogen-bond acceptors (Lipinski definition) is 8. The lowest BCUT2D eigenvalue weighted by Gasteiger charge is -2.25. The highest BCUT2D eigenvalue weighted by Gasteiger charge is 2.48. The predicted molar refractivity (Wildman–Crippen MR) is 125 cm³/mol. The zero-order valence-corrected chi connectivity index (χ0v) is 20.3. The average molecular weight is 501 g/mol. The minimum absolute atomic E-state index is 0.0581. The average Bonchev–Trinajstić information content (AvgIpc) is 3.20. The minimum Gasteiger partial charge on any atom is -0.352 e. The van der Waals surface area contributed by atoms with E-state index < -0.39 is 19.7 Å². The first kappa shape index (κ1) is 21.6. The molecule has 6 nitrogen and oxygen atoms in total. The van der Waals surface area contributed by atoms with Crippen LogP contribution in [0.15, 0.2) is 0 Å². The Kier molecular flexibility index (Phi) is 6.28. The molecule has 0 radical (unpaired) electrons. The number of thioether (sulfide) groups is 2. The molecule has 0 saturated carbocycles. The molecule has 0 bridgehead atoms. The van der Waals surface area contributed by atoms with Crippen LogP contribution in [0.3, 0.4) is 0 Å². The number of hydrogen-bond donors (Lipinski definition) is 0. The van der Waals surface area contributed by atoms with E-state index >= 15 is 0 Å². The molecule has 28 heavy (non-hydrogen) atoms. The maximum Gasteiger partial charge on any atom is 0.153 e. The first-order valence-corrected chi connectivity index (χ1v) is 15.7. The van der Waals surface area contributed by atoms with Gasteiger partial charge in [0, 0.05) is 23.6 Å². The third kappa shape index (κ3) is 4.51. The summed E-state index contributed by atoms with van der Waals surface area (Å²) in [6.07, 6.45) is 4.08. The lowest BCUT2D eigenvalue weighted by Crippen LogP contribution is -2.37. The first-order valence-electron chi connectivity index (χ1n) is 9.50. The van der Waals surface area contributed by atoms with Gasteiger partial charge in [-0.3, -0.25) is 0 Å². The fraction of sp³-hybridized carbons (Fsp3) is 0.875. The summed E-state index contributed by atoms with van der Waals surface area (Å²) in [5.41, 5.74) is 0. The molecule has 4 rings (SSSR count). The van der Waals surface area contributed by atoms with Crippen molar-refractivity contribution >= 4 is 76.3 Å². The van der Waals surface area contributed by atoms with Gasteiger partial charge >= 0.3 is 0 Å². The number of nitrogens with zero attached hydrogens (tertiary/aromatic N) is 2. The van der Waals surface area contributed by atoms with Crippen LogP contribution in [-0.2, 0) is 19.7 Å². The first-order chi connectivity index (χ1) is 13.2. The number of unbranched alkanes of at least 4 members (excludes halogenated alkanes) is 3. The molecule has 0 aliphatic carbocycles. The molecule has 4 saturated heterocycles. The predicted octanol–water partition coefficient (Wildman–Crippen LogP) is 1.55. The van der Waals surface area contributed by atoms with Crippen molar-refractivity contribution in [3.05, 3.63) is 0 Å². The third-order valence-corrected chi connectivity index (χ3v) is 13.2. The summed E-state index contributed by atoms with van der Waals surface area (Å²) in [5.74, 6) is 0.982. The van der Waals surface area contributed by atoms with Crippen molar-refractivity contribution in [2.75, 3.05) is 36.1 Å². The van der Waals surface area contributed by atoms with Crippen LogP contribution in [0.25, 0.3) is 0 Å². The zero-order chi connectivity index (χ0) is 20.1. The second-order valence-electron chi connectivity index (χ2n) is 7.93. The second kappa shape index (κ2) is 8.14. The molecule has 0 aromatic carbocycles. The van der Waals surface area contributed by atoms with Gasteiger partial charge < -0.3 is 9.80 Å². The summed E-state index contributed by atoms with van der Waals surface area (Å²) in [6, 6.07) is 0.116. The molecule has 0 N–H and O–H groups in total. The van der Waals surface area contributed by atoms with Crippen molar-refractivity contribution in [3.8, 4) is 0 Å². The van der Waals surface area contributed by atoms with E-state index in [1.807, 2.05) is 0 Å². The van der Waals surface area contributed by atoms with E-state index in [-0.39, 0.29) is 45.6 Å². The molecular formula is C16H24N2O4S6. The van der Waals surface area contributed by atoms with Crippen LogP contribution in [-0.4, -0.2) is 94.0 Å². The normalized spacial score (nSPS) is 35.6. The van der Waals surface area contributed by atoms with Crippen molar-refractivity contribution in [2.45, 2.75) is 48.3 Å². The molecule has 158 valence electrons.